The molecule has 0 aromatic heterocycles. The van der Waals surface area contributed by atoms with Crippen molar-refractivity contribution >= 4 is 28.9 Å². The molecule has 0 aliphatic carbocycles. The Morgan fingerprint density at radius 3 is 2.91 bits per heavy atom. The molecule has 3 rings (SSSR count). The zero-order chi connectivity index (χ0) is 15.7. The lowest BCUT2D eigenvalue weighted by molar-refractivity contribution is -0.117. The number of carbonyl (C=O) groups is 1. The van der Waals surface area contributed by atoms with Gasteiger partial charge < -0.3 is 10.2 Å². The van der Waals surface area contributed by atoms with E-state index < -0.39 is 5.82 Å². The van der Waals surface area contributed by atoms with Gasteiger partial charge in [-0.2, -0.15) is 0 Å². The zero-order valence-corrected chi connectivity index (χ0v) is 12.9. The first-order valence-corrected chi connectivity index (χ1v) is 7.53. The number of carbonyl (C=O) groups excluding carboxylic acids is 1. The normalized spacial score (nSPS) is 16.5. The molecule has 1 atom stereocenters. The van der Waals surface area contributed by atoms with Gasteiger partial charge in [0.1, 0.15) is 5.82 Å². The number of nitrogens with one attached hydrogen (secondary N) is 1. The smallest absolute Gasteiger partial charge is 0.246 e. The molecule has 3 nitrogen and oxygen atoms in total. The molecule has 0 spiro atoms. The van der Waals surface area contributed by atoms with Crippen LogP contribution in [0.25, 0.3) is 0 Å². The van der Waals surface area contributed by atoms with Crippen molar-refractivity contribution in [3.63, 3.8) is 0 Å². The van der Waals surface area contributed by atoms with Crippen LogP contribution in [0.4, 0.5) is 15.8 Å². The van der Waals surface area contributed by atoms with Gasteiger partial charge in [0.25, 0.3) is 0 Å². The number of rotatable bonds is 3. The standard InChI is InChI=1S/C17H16ClFN2O/c1-11-8-12-4-2-3-5-16(12)21(11)17(22)10-20-15-7-6-13(18)9-14(15)19/h2-7,9,11,20H,8,10H2,1H3/t11-/m0/s1. The third kappa shape index (κ3) is 2.79. The van der Waals surface area contributed by atoms with E-state index in [0.717, 1.165) is 12.1 Å². The van der Waals surface area contributed by atoms with Crippen molar-refractivity contribution in [2.45, 2.75) is 19.4 Å². The SMILES string of the molecule is C[C@H]1Cc2ccccc2N1C(=O)CNc1ccc(Cl)cc1F. The summed E-state index contributed by atoms with van der Waals surface area (Å²) in [5.41, 5.74) is 2.39. The molecule has 5 heteroatoms. The Labute approximate surface area is 133 Å². The first-order valence-electron chi connectivity index (χ1n) is 7.15. The number of anilines is 2. The molecule has 1 amide bonds. The molecular formula is C17H16ClFN2O. The van der Waals surface area contributed by atoms with E-state index >= 15 is 0 Å². The van der Waals surface area contributed by atoms with E-state index in [9.17, 15) is 9.18 Å². The van der Waals surface area contributed by atoms with Crippen LogP contribution in [-0.2, 0) is 11.2 Å². The highest BCUT2D eigenvalue weighted by Crippen LogP contribution is 2.31. The van der Waals surface area contributed by atoms with Crippen molar-refractivity contribution in [1.29, 1.82) is 0 Å². The molecule has 2 aromatic carbocycles. The Balaban J connectivity index is 1.72. The van der Waals surface area contributed by atoms with Crippen molar-refractivity contribution in [1.82, 2.24) is 0 Å². The second-order valence-electron chi connectivity index (χ2n) is 5.42. The fourth-order valence-corrected chi connectivity index (χ4v) is 2.99. The van der Waals surface area contributed by atoms with E-state index in [4.69, 9.17) is 11.6 Å². The highest BCUT2D eigenvalue weighted by atomic mass is 35.5. The first kappa shape index (κ1) is 14.9. The molecule has 0 bridgehead atoms. The van der Waals surface area contributed by atoms with Crippen molar-refractivity contribution in [3.05, 3.63) is 58.9 Å². The number of hydrogen-bond acceptors (Lipinski definition) is 2. The van der Waals surface area contributed by atoms with Crippen LogP contribution in [0.1, 0.15) is 12.5 Å². The van der Waals surface area contributed by atoms with Crippen molar-refractivity contribution in [2.24, 2.45) is 0 Å². The second-order valence-corrected chi connectivity index (χ2v) is 5.86. The van der Waals surface area contributed by atoms with Crippen molar-refractivity contribution < 1.29 is 9.18 Å². The van der Waals surface area contributed by atoms with E-state index in [1.165, 1.54) is 17.7 Å². The molecule has 1 heterocycles. The van der Waals surface area contributed by atoms with E-state index in [2.05, 4.69) is 5.32 Å². The van der Waals surface area contributed by atoms with Gasteiger partial charge in [-0.25, -0.2) is 4.39 Å². The Hall–Kier alpha value is -2.07. The maximum Gasteiger partial charge on any atom is 0.246 e. The van der Waals surface area contributed by atoms with Gasteiger partial charge in [0.05, 0.1) is 12.2 Å². The minimum atomic E-state index is -0.463. The number of halogens is 2. The van der Waals surface area contributed by atoms with Crippen LogP contribution in [0.3, 0.4) is 0 Å². The minimum absolute atomic E-state index is 0.0389. The van der Waals surface area contributed by atoms with E-state index in [0.29, 0.717) is 5.02 Å². The van der Waals surface area contributed by atoms with Gasteiger partial charge in [0.2, 0.25) is 5.91 Å². The third-order valence-corrected chi connectivity index (χ3v) is 4.07. The number of benzene rings is 2. The van der Waals surface area contributed by atoms with Crippen molar-refractivity contribution in [3.8, 4) is 0 Å². The summed E-state index contributed by atoms with van der Waals surface area (Å²) in [4.78, 5) is 14.3. The van der Waals surface area contributed by atoms with Crippen LogP contribution in [0.15, 0.2) is 42.5 Å². The Bertz CT molecular complexity index is 720. The lowest BCUT2D eigenvalue weighted by Crippen LogP contribution is -2.39. The van der Waals surface area contributed by atoms with Gasteiger partial charge in [0.15, 0.2) is 0 Å². The molecule has 0 fully saturated rings. The molecule has 22 heavy (non-hydrogen) atoms. The predicted molar refractivity (Wildman–Crippen MR) is 87.0 cm³/mol. The molecule has 0 radical (unpaired) electrons. The largest absolute Gasteiger partial charge is 0.374 e. The maximum atomic E-state index is 13.7. The monoisotopic (exact) mass is 318 g/mol. The lowest BCUT2D eigenvalue weighted by atomic mass is 10.1. The lowest BCUT2D eigenvalue weighted by Gasteiger charge is -2.23. The van der Waals surface area contributed by atoms with Gasteiger partial charge in [-0.3, -0.25) is 4.79 Å². The van der Waals surface area contributed by atoms with Gasteiger partial charge in [-0.05, 0) is 43.2 Å². The molecule has 0 saturated carbocycles. The van der Waals surface area contributed by atoms with E-state index in [1.807, 2.05) is 31.2 Å². The highest BCUT2D eigenvalue weighted by molar-refractivity contribution is 6.30. The zero-order valence-electron chi connectivity index (χ0n) is 12.1. The molecule has 0 saturated heterocycles. The fourth-order valence-electron chi connectivity index (χ4n) is 2.83. The first-order chi connectivity index (χ1) is 10.6. The summed E-state index contributed by atoms with van der Waals surface area (Å²) in [6.07, 6.45) is 0.844. The predicted octanol–water partition coefficient (Wildman–Crippen LogP) is 3.87. The molecule has 114 valence electrons. The van der Waals surface area contributed by atoms with Gasteiger partial charge in [0, 0.05) is 16.8 Å². The molecule has 1 aliphatic heterocycles. The summed E-state index contributed by atoms with van der Waals surface area (Å²) in [6, 6.07) is 12.3. The number of amides is 1. The molecular weight excluding hydrogens is 303 g/mol. The number of hydrogen-bond donors (Lipinski definition) is 1. The van der Waals surface area contributed by atoms with E-state index in [-0.39, 0.29) is 24.2 Å². The molecule has 2 aromatic rings. The average molecular weight is 319 g/mol. The molecule has 1 aliphatic rings. The topological polar surface area (TPSA) is 32.3 Å². The quantitative estimate of drug-likeness (QED) is 0.931. The summed E-state index contributed by atoms with van der Waals surface area (Å²) in [5, 5.41) is 3.17. The highest BCUT2D eigenvalue weighted by Gasteiger charge is 2.30. The summed E-state index contributed by atoms with van der Waals surface area (Å²) in [5.74, 6) is -0.540. The number of fused-ring (bicyclic) bond motifs is 1. The van der Waals surface area contributed by atoms with Crippen LogP contribution >= 0.6 is 11.6 Å². The average Bonchev–Trinajstić information content (AvgIpc) is 2.82. The van der Waals surface area contributed by atoms with Crippen LogP contribution < -0.4 is 10.2 Å². The van der Waals surface area contributed by atoms with Crippen molar-refractivity contribution in [2.75, 3.05) is 16.8 Å². The summed E-state index contributed by atoms with van der Waals surface area (Å²) >= 11 is 5.72. The number of para-hydroxylation sites is 1. The Morgan fingerprint density at radius 1 is 1.36 bits per heavy atom. The Morgan fingerprint density at radius 2 is 2.14 bits per heavy atom. The molecule has 0 unspecified atom stereocenters. The van der Waals surface area contributed by atoms with Gasteiger partial charge >= 0.3 is 0 Å². The van der Waals surface area contributed by atoms with Crippen LogP contribution in [0.5, 0.6) is 0 Å². The fraction of sp³-hybridized carbons (Fsp3) is 0.235. The minimum Gasteiger partial charge on any atom is -0.374 e. The van der Waals surface area contributed by atoms with Gasteiger partial charge in [-0.1, -0.05) is 29.8 Å². The number of nitrogens with zero attached hydrogens (tertiary/aromatic N) is 1. The summed E-state index contributed by atoms with van der Waals surface area (Å²) in [7, 11) is 0. The molecule has 1 N–H and O–H groups in total. The summed E-state index contributed by atoms with van der Waals surface area (Å²) in [6.45, 7) is 2.05. The van der Waals surface area contributed by atoms with Crippen LogP contribution in [0.2, 0.25) is 5.02 Å². The van der Waals surface area contributed by atoms with E-state index in [1.54, 1.807) is 11.0 Å². The third-order valence-electron chi connectivity index (χ3n) is 3.84. The Kier molecular flexibility index (Phi) is 4.03. The van der Waals surface area contributed by atoms with Gasteiger partial charge in [-0.15, -0.1) is 0 Å². The van der Waals surface area contributed by atoms with Crippen LogP contribution in [0, 0.1) is 5.82 Å². The maximum absolute atomic E-state index is 13.7. The van der Waals surface area contributed by atoms with Crippen LogP contribution in [-0.4, -0.2) is 18.5 Å². The second kappa shape index (κ2) is 5.97. The summed E-state index contributed by atoms with van der Waals surface area (Å²) < 4.78 is 13.7.